The first kappa shape index (κ1) is 20.2. The Morgan fingerprint density at radius 2 is 2.08 bits per heavy atom. The van der Waals surface area contributed by atoms with E-state index in [-0.39, 0.29) is 28.8 Å². The molecule has 5 nitrogen and oxygen atoms in total. The van der Waals surface area contributed by atoms with E-state index in [0.717, 1.165) is 12.0 Å². The van der Waals surface area contributed by atoms with E-state index in [1.54, 1.807) is 12.1 Å². The summed E-state index contributed by atoms with van der Waals surface area (Å²) in [5.74, 6) is -0.399. The smallest absolute Gasteiger partial charge is 0.243 e. The van der Waals surface area contributed by atoms with Crippen molar-refractivity contribution < 1.29 is 13.2 Å². The number of carbonyl (C=O) groups excluding carboxylic acids is 1. The topological polar surface area (TPSA) is 66.5 Å². The molecule has 1 N–H and O–H groups in total. The van der Waals surface area contributed by atoms with Crippen molar-refractivity contribution in [3.05, 3.63) is 28.8 Å². The van der Waals surface area contributed by atoms with Crippen LogP contribution in [0.3, 0.4) is 0 Å². The van der Waals surface area contributed by atoms with Gasteiger partial charge in [0.1, 0.15) is 0 Å². The number of benzene rings is 1. The van der Waals surface area contributed by atoms with Crippen LogP contribution in [-0.4, -0.2) is 37.3 Å². The quantitative estimate of drug-likeness (QED) is 0.843. The highest BCUT2D eigenvalue weighted by atomic mass is 35.5. The van der Waals surface area contributed by atoms with E-state index in [9.17, 15) is 13.2 Å². The van der Waals surface area contributed by atoms with Crippen LogP contribution in [0.2, 0.25) is 5.02 Å². The van der Waals surface area contributed by atoms with Crippen LogP contribution in [0.5, 0.6) is 0 Å². The van der Waals surface area contributed by atoms with Crippen LogP contribution < -0.4 is 5.32 Å². The van der Waals surface area contributed by atoms with Gasteiger partial charge in [0.15, 0.2) is 0 Å². The normalized spacial score (nSPS) is 19.6. The molecule has 1 aliphatic heterocycles. The molecule has 1 saturated heterocycles. The molecule has 0 radical (unpaired) electrons. The minimum Gasteiger partial charge on any atom is -0.351 e. The van der Waals surface area contributed by atoms with Crippen molar-refractivity contribution in [2.75, 3.05) is 13.1 Å². The van der Waals surface area contributed by atoms with Crippen molar-refractivity contribution in [1.82, 2.24) is 9.62 Å². The van der Waals surface area contributed by atoms with Crippen LogP contribution >= 0.6 is 11.6 Å². The van der Waals surface area contributed by atoms with Crippen LogP contribution in [-0.2, 0) is 14.8 Å². The number of amides is 1. The maximum absolute atomic E-state index is 12.9. The van der Waals surface area contributed by atoms with Gasteiger partial charge in [0, 0.05) is 23.7 Å². The van der Waals surface area contributed by atoms with Gasteiger partial charge in [-0.3, -0.25) is 4.79 Å². The molecule has 0 aliphatic carbocycles. The van der Waals surface area contributed by atoms with Gasteiger partial charge < -0.3 is 5.32 Å². The minimum atomic E-state index is -3.65. The minimum absolute atomic E-state index is 0.0753. The third kappa shape index (κ3) is 4.74. The van der Waals surface area contributed by atoms with Crippen molar-refractivity contribution in [3.8, 4) is 0 Å². The number of aryl methyl sites for hydroxylation is 1. The van der Waals surface area contributed by atoms with Gasteiger partial charge in [-0.15, -0.1) is 0 Å². The number of nitrogens with one attached hydrogen (secondary N) is 1. The Morgan fingerprint density at radius 1 is 1.40 bits per heavy atom. The highest BCUT2D eigenvalue weighted by Gasteiger charge is 2.34. The molecule has 2 rings (SSSR count). The summed E-state index contributed by atoms with van der Waals surface area (Å²) in [5.41, 5.74) is 0.543. The number of nitrogens with zero attached hydrogens (tertiary/aromatic N) is 1. The SMILES string of the molecule is CCC(C)(C)NC(=O)[C@H]1CCCN(S(=O)(=O)c2ccc(C)c(Cl)c2)C1. The Morgan fingerprint density at radius 3 is 2.68 bits per heavy atom. The zero-order valence-electron chi connectivity index (χ0n) is 15.3. The van der Waals surface area contributed by atoms with E-state index in [4.69, 9.17) is 11.6 Å². The van der Waals surface area contributed by atoms with Gasteiger partial charge >= 0.3 is 0 Å². The summed E-state index contributed by atoms with van der Waals surface area (Å²) in [7, 11) is -3.65. The third-order valence-corrected chi connectivity index (χ3v) is 7.15. The average Bonchev–Trinajstić information content (AvgIpc) is 2.57. The lowest BCUT2D eigenvalue weighted by Crippen LogP contribution is -2.50. The second-order valence-corrected chi connectivity index (χ2v) is 9.69. The molecule has 1 aliphatic rings. The Bertz CT molecular complexity index is 747. The van der Waals surface area contributed by atoms with Crippen LogP contribution in [0, 0.1) is 12.8 Å². The summed E-state index contributed by atoms with van der Waals surface area (Å²) in [5, 5.41) is 3.45. The molecular formula is C18H27ClN2O3S. The first-order chi connectivity index (χ1) is 11.6. The van der Waals surface area contributed by atoms with Gasteiger partial charge in [-0.25, -0.2) is 8.42 Å². The van der Waals surface area contributed by atoms with E-state index in [0.29, 0.717) is 24.4 Å². The monoisotopic (exact) mass is 386 g/mol. The van der Waals surface area contributed by atoms with Crippen molar-refractivity contribution in [3.63, 3.8) is 0 Å². The van der Waals surface area contributed by atoms with Gasteiger partial charge in [0.2, 0.25) is 15.9 Å². The third-order valence-electron chi connectivity index (χ3n) is 4.88. The van der Waals surface area contributed by atoms with E-state index < -0.39 is 10.0 Å². The van der Waals surface area contributed by atoms with Crippen molar-refractivity contribution in [2.45, 2.75) is 57.4 Å². The number of hydrogen-bond acceptors (Lipinski definition) is 3. The molecule has 25 heavy (non-hydrogen) atoms. The second kappa shape index (κ2) is 7.64. The number of hydrogen-bond donors (Lipinski definition) is 1. The maximum Gasteiger partial charge on any atom is 0.243 e. The number of carbonyl (C=O) groups is 1. The highest BCUT2D eigenvalue weighted by molar-refractivity contribution is 7.89. The predicted molar refractivity (Wildman–Crippen MR) is 100 cm³/mol. The molecule has 0 aromatic heterocycles. The molecule has 1 aromatic carbocycles. The highest BCUT2D eigenvalue weighted by Crippen LogP contribution is 2.27. The molecule has 0 unspecified atom stereocenters. The van der Waals surface area contributed by atoms with Crippen LogP contribution in [0.1, 0.15) is 45.6 Å². The lowest BCUT2D eigenvalue weighted by molar-refractivity contribution is -0.127. The Kier molecular flexibility index (Phi) is 6.17. The number of sulfonamides is 1. The van der Waals surface area contributed by atoms with Crippen molar-refractivity contribution in [2.24, 2.45) is 5.92 Å². The zero-order valence-corrected chi connectivity index (χ0v) is 16.9. The molecule has 1 atom stereocenters. The van der Waals surface area contributed by atoms with Gasteiger partial charge in [0.05, 0.1) is 10.8 Å². The summed E-state index contributed by atoms with van der Waals surface area (Å²) < 4.78 is 27.2. The molecule has 1 aromatic rings. The predicted octanol–water partition coefficient (Wildman–Crippen LogP) is 3.35. The van der Waals surface area contributed by atoms with Crippen molar-refractivity contribution in [1.29, 1.82) is 0 Å². The Hall–Kier alpha value is -1.11. The van der Waals surface area contributed by atoms with Crippen molar-refractivity contribution >= 4 is 27.5 Å². The van der Waals surface area contributed by atoms with Crippen LogP contribution in [0.25, 0.3) is 0 Å². The maximum atomic E-state index is 12.9. The van der Waals surface area contributed by atoms with E-state index in [1.165, 1.54) is 10.4 Å². The van der Waals surface area contributed by atoms with Gasteiger partial charge in [-0.1, -0.05) is 24.6 Å². The summed E-state index contributed by atoms with van der Waals surface area (Å²) >= 11 is 6.08. The van der Waals surface area contributed by atoms with E-state index in [2.05, 4.69) is 5.32 Å². The first-order valence-electron chi connectivity index (χ1n) is 8.65. The van der Waals surface area contributed by atoms with Crippen LogP contribution in [0.15, 0.2) is 23.1 Å². The summed E-state index contributed by atoms with van der Waals surface area (Å²) in [6.45, 7) is 8.41. The number of rotatable bonds is 5. The van der Waals surface area contributed by atoms with Crippen LogP contribution in [0.4, 0.5) is 0 Å². The lowest BCUT2D eigenvalue weighted by Gasteiger charge is -2.33. The first-order valence-corrected chi connectivity index (χ1v) is 10.5. The molecule has 0 bridgehead atoms. The Labute approximate surface area is 155 Å². The summed E-state index contributed by atoms with van der Waals surface area (Å²) in [4.78, 5) is 12.7. The number of piperidine rings is 1. The van der Waals surface area contributed by atoms with E-state index >= 15 is 0 Å². The molecule has 0 saturated carbocycles. The van der Waals surface area contributed by atoms with Gasteiger partial charge in [-0.05, 0) is 57.7 Å². The van der Waals surface area contributed by atoms with Gasteiger partial charge in [-0.2, -0.15) is 4.31 Å². The molecule has 7 heteroatoms. The fourth-order valence-corrected chi connectivity index (χ4v) is 4.58. The molecule has 1 heterocycles. The second-order valence-electron chi connectivity index (χ2n) is 7.34. The molecule has 0 spiro atoms. The lowest BCUT2D eigenvalue weighted by atomic mass is 9.95. The zero-order chi connectivity index (χ0) is 18.8. The summed E-state index contributed by atoms with van der Waals surface area (Å²) in [6.07, 6.45) is 2.19. The molecular weight excluding hydrogens is 360 g/mol. The fraction of sp³-hybridized carbons (Fsp3) is 0.611. The van der Waals surface area contributed by atoms with E-state index in [1.807, 2.05) is 27.7 Å². The molecule has 140 valence electrons. The average molecular weight is 387 g/mol. The summed E-state index contributed by atoms with van der Waals surface area (Å²) in [6, 6.07) is 4.75. The fourth-order valence-electron chi connectivity index (χ4n) is 2.78. The largest absolute Gasteiger partial charge is 0.351 e. The molecule has 1 fully saturated rings. The van der Waals surface area contributed by atoms with Gasteiger partial charge in [0.25, 0.3) is 0 Å². The Balaban J connectivity index is 2.17. The standard InChI is InChI=1S/C18H27ClN2O3S/c1-5-18(3,4)20-17(22)14-7-6-10-21(12-14)25(23,24)15-9-8-13(2)16(19)11-15/h8-9,11,14H,5-7,10,12H2,1-4H3,(H,20,22)/t14-/m0/s1. The molecule has 1 amide bonds. The number of halogens is 1.